The Morgan fingerprint density at radius 3 is 2.25 bits per heavy atom. The third-order valence-corrected chi connectivity index (χ3v) is 4.80. The second-order valence-electron chi connectivity index (χ2n) is 6.49. The fourth-order valence-corrected chi connectivity index (χ4v) is 3.21. The summed E-state index contributed by atoms with van der Waals surface area (Å²) in [6, 6.07) is 0.693. The first-order chi connectivity index (χ1) is 9.31. The minimum Gasteiger partial charge on any atom is -0.342 e. The molecular formula is C15H28ClN3O. The van der Waals surface area contributed by atoms with Crippen molar-refractivity contribution in [3.8, 4) is 0 Å². The molecule has 0 radical (unpaired) electrons. The van der Waals surface area contributed by atoms with Gasteiger partial charge >= 0.3 is 0 Å². The van der Waals surface area contributed by atoms with E-state index in [2.05, 4.69) is 10.2 Å². The predicted octanol–water partition coefficient (Wildman–Crippen LogP) is 1.49. The molecule has 0 bridgehead atoms. The second kappa shape index (κ2) is 7.62. The lowest BCUT2D eigenvalue weighted by atomic mass is 10.0. The van der Waals surface area contributed by atoms with Crippen molar-refractivity contribution >= 4 is 18.3 Å². The zero-order chi connectivity index (χ0) is 13.1. The molecule has 1 amide bonds. The molecule has 0 aromatic heterocycles. The van der Waals surface area contributed by atoms with E-state index in [4.69, 9.17) is 0 Å². The normalized spacial score (nSPS) is 24.7. The largest absolute Gasteiger partial charge is 0.342 e. The van der Waals surface area contributed by atoms with Gasteiger partial charge in [-0.1, -0.05) is 0 Å². The van der Waals surface area contributed by atoms with Crippen LogP contribution in [-0.2, 0) is 4.79 Å². The molecular weight excluding hydrogens is 274 g/mol. The number of nitrogens with zero attached hydrogens (tertiary/aromatic N) is 2. The van der Waals surface area contributed by atoms with Crippen molar-refractivity contribution in [3.05, 3.63) is 0 Å². The van der Waals surface area contributed by atoms with Gasteiger partial charge in [-0.3, -0.25) is 9.69 Å². The van der Waals surface area contributed by atoms with Crippen LogP contribution in [0.2, 0.25) is 0 Å². The van der Waals surface area contributed by atoms with Crippen LogP contribution in [0.25, 0.3) is 0 Å². The maximum Gasteiger partial charge on any atom is 0.236 e. The molecule has 2 saturated heterocycles. The lowest BCUT2D eigenvalue weighted by Gasteiger charge is -2.33. The number of carbonyl (C=O) groups is 1. The zero-order valence-electron chi connectivity index (χ0n) is 12.4. The van der Waals surface area contributed by atoms with Gasteiger partial charge in [-0.15, -0.1) is 12.4 Å². The van der Waals surface area contributed by atoms with Crippen LogP contribution in [0.1, 0.15) is 38.5 Å². The first-order valence-corrected chi connectivity index (χ1v) is 8.05. The van der Waals surface area contributed by atoms with Crippen LogP contribution in [0, 0.1) is 5.92 Å². The van der Waals surface area contributed by atoms with Gasteiger partial charge in [0.1, 0.15) is 0 Å². The van der Waals surface area contributed by atoms with Crippen molar-refractivity contribution in [2.24, 2.45) is 5.92 Å². The van der Waals surface area contributed by atoms with Gasteiger partial charge in [0, 0.05) is 32.2 Å². The van der Waals surface area contributed by atoms with Crippen molar-refractivity contribution < 1.29 is 4.79 Å². The van der Waals surface area contributed by atoms with E-state index < -0.39 is 0 Å². The van der Waals surface area contributed by atoms with Crippen LogP contribution in [-0.4, -0.2) is 61.0 Å². The van der Waals surface area contributed by atoms with Crippen molar-refractivity contribution in [2.45, 2.75) is 44.6 Å². The van der Waals surface area contributed by atoms with Crippen LogP contribution in [0.5, 0.6) is 0 Å². The first kappa shape index (κ1) is 16.1. The van der Waals surface area contributed by atoms with Gasteiger partial charge in [-0.2, -0.15) is 0 Å². The molecule has 1 saturated carbocycles. The number of piperidine rings is 1. The highest BCUT2D eigenvalue weighted by Gasteiger charge is 2.26. The number of likely N-dealkylation sites (tertiary alicyclic amines) is 2. The molecule has 0 spiro atoms. The Hall–Kier alpha value is -0.320. The molecule has 2 aliphatic heterocycles. The van der Waals surface area contributed by atoms with E-state index in [1.54, 1.807) is 0 Å². The highest BCUT2D eigenvalue weighted by atomic mass is 35.5. The summed E-state index contributed by atoms with van der Waals surface area (Å²) in [7, 11) is 0. The van der Waals surface area contributed by atoms with Crippen LogP contribution >= 0.6 is 12.4 Å². The van der Waals surface area contributed by atoms with Crippen LogP contribution in [0.15, 0.2) is 0 Å². The molecule has 2 heterocycles. The fourth-order valence-electron chi connectivity index (χ4n) is 3.21. The Morgan fingerprint density at radius 2 is 1.65 bits per heavy atom. The van der Waals surface area contributed by atoms with E-state index >= 15 is 0 Å². The first-order valence-electron chi connectivity index (χ1n) is 8.05. The van der Waals surface area contributed by atoms with Gasteiger partial charge in [0.2, 0.25) is 5.91 Å². The number of amides is 1. The molecule has 3 rings (SSSR count). The summed E-state index contributed by atoms with van der Waals surface area (Å²) < 4.78 is 0. The third-order valence-electron chi connectivity index (χ3n) is 4.80. The molecule has 20 heavy (non-hydrogen) atoms. The fraction of sp³-hybridized carbons (Fsp3) is 0.933. The van der Waals surface area contributed by atoms with Crippen molar-refractivity contribution in [3.63, 3.8) is 0 Å². The number of hydrogen-bond donors (Lipinski definition) is 1. The van der Waals surface area contributed by atoms with Gasteiger partial charge < -0.3 is 10.2 Å². The summed E-state index contributed by atoms with van der Waals surface area (Å²) in [5, 5.41) is 3.69. The average molecular weight is 302 g/mol. The highest BCUT2D eigenvalue weighted by Crippen LogP contribution is 2.28. The summed E-state index contributed by atoms with van der Waals surface area (Å²) in [5.74, 6) is 1.32. The maximum atomic E-state index is 12.1. The molecule has 3 aliphatic rings. The SMILES string of the molecule is Cl.O=C(CN1CCC(NCC2CC2)CC1)N1CCCC1. The van der Waals surface area contributed by atoms with Crippen molar-refractivity contribution in [2.75, 3.05) is 39.3 Å². The van der Waals surface area contributed by atoms with E-state index in [0.29, 0.717) is 18.5 Å². The molecule has 0 atom stereocenters. The quantitative estimate of drug-likeness (QED) is 0.836. The Morgan fingerprint density at radius 1 is 1.00 bits per heavy atom. The van der Waals surface area contributed by atoms with E-state index in [9.17, 15) is 4.79 Å². The van der Waals surface area contributed by atoms with Gasteiger partial charge in [-0.25, -0.2) is 0 Å². The van der Waals surface area contributed by atoms with Crippen LogP contribution in [0.3, 0.4) is 0 Å². The molecule has 5 heteroatoms. The summed E-state index contributed by atoms with van der Waals surface area (Å²) in [5.41, 5.74) is 0. The number of carbonyl (C=O) groups excluding carboxylic acids is 1. The summed E-state index contributed by atoms with van der Waals surface area (Å²) in [6.45, 7) is 6.01. The number of halogens is 1. The van der Waals surface area contributed by atoms with Gasteiger partial charge in [0.25, 0.3) is 0 Å². The molecule has 0 unspecified atom stereocenters. The lowest BCUT2D eigenvalue weighted by Crippen LogP contribution is -2.46. The maximum absolute atomic E-state index is 12.1. The Kier molecular flexibility index (Phi) is 6.12. The van der Waals surface area contributed by atoms with Crippen molar-refractivity contribution in [1.82, 2.24) is 15.1 Å². The lowest BCUT2D eigenvalue weighted by molar-refractivity contribution is -0.131. The van der Waals surface area contributed by atoms with E-state index in [1.807, 2.05) is 4.90 Å². The van der Waals surface area contributed by atoms with E-state index in [0.717, 1.165) is 32.1 Å². The summed E-state index contributed by atoms with van der Waals surface area (Å²) >= 11 is 0. The van der Waals surface area contributed by atoms with Crippen molar-refractivity contribution in [1.29, 1.82) is 0 Å². The summed E-state index contributed by atoms with van der Waals surface area (Å²) in [4.78, 5) is 16.5. The topological polar surface area (TPSA) is 35.6 Å². The molecule has 116 valence electrons. The van der Waals surface area contributed by atoms with Crippen LogP contribution < -0.4 is 5.32 Å². The van der Waals surface area contributed by atoms with Gasteiger partial charge in [-0.05, 0) is 51.0 Å². The molecule has 0 aromatic rings. The molecule has 1 aliphatic carbocycles. The monoisotopic (exact) mass is 301 g/mol. The van der Waals surface area contributed by atoms with E-state index in [1.165, 1.54) is 45.1 Å². The minimum absolute atomic E-state index is 0. The average Bonchev–Trinajstić information content (AvgIpc) is 3.09. The number of nitrogens with one attached hydrogen (secondary N) is 1. The Labute approximate surface area is 128 Å². The van der Waals surface area contributed by atoms with Gasteiger partial charge in [0.15, 0.2) is 0 Å². The standard InChI is InChI=1S/C15H27N3O.ClH/c19-15(18-7-1-2-8-18)12-17-9-5-14(6-10-17)16-11-13-3-4-13;/h13-14,16H,1-12H2;1H. The smallest absolute Gasteiger partial charge is 0.236 e. The van der Waals surface area contributed by atoms with E-state index in [-0.39, 0.29) is 12.4 Å². The third kappa shape index (κ3) is 4.61. The van der Waals surface area contributed by atoms with Gasteiger partial charge in [0.05, 0.1) is 6.54 Å². The molecule has 1 N–H and O–H groups in total. The predicted molar refractivity (Wildman–Crippen MR) is 83.3 cm³/mol. The van der Waals surface area contributed by atoms with Crippen LogP contribution in [0.4, 0.5) is 0 Å². The number of rotatable bonds is 5. The Bertz CT molecular complexity index is 308. The summed E-state index contributed by atoms with van der Waals surface area (Å²) in [6.07, 6.45) is 7.66. The minimum atomic E-state index is 0. The molecule has 3 fully saturated rings. The zero-order valence-corrected chi connectivity index (χ0v) is 13.2. The molecule has 0 aromatic carbocycles. The second-order valence-corrected chi connectivity index (χ2v) is 6.49. The molecule has 4 nitrogen and oxygen atoms in total. The Balaban J connectivity index is 0.00000147. The highest BCUT2D eigenvalue weighted by molar-refractivity contribution is 5.85. The number of hydrogen-bond acceptors (Lipinski definition) is 3.